The summed E-state index contributed by atoms with van der Waals surface area (Å²) >= 11 is 0. The summed E-state index contributed by atoms with van der Waals surface area (Å²) in [5.41, 5.74) is 2.16. The fraction of sp³-hybridized carbons (Fsp3) is 0.833. The maximum absolute atomic E-state index is 11.7. The molecule has 0 aliphatic heterocycles. The van der Waals surface area contributed by atoms with Crippen LogP contribution in [0.3, 0.4) is 0 Å². The van der Waals surface area contributed by atoms with E-state index in [4.69, 9.17) is 5.84 Å². The van der Waals surface area contributed by atoms with Crippen molar-refractivity contribution in [2.24, 2.45) is 11.8 Å². The molecule has 0 saturated carbocycles. The Kier molecular flexibility index (Phi) is 7.54. The Hall–Kier alpha value is -1.14. The summed E-state index contributed by atoms with van der Waals surface area (Å²) in [5, 5.41) is 2.81. The number of hydrogen-bond acceptors (Lipinski definition) is 4. The molecular formula is C12H26N4O2. The number of nitrogens with two attached hydrogens (primary N) is 1. The molecule has 0 saturated heterocycles. The molecule has 4 N–H and O–H groups in total. The van der Waals surface area contributed by atoms with E-state index in [1.165, 1.54) is 0 Å². The SMILES string of the molecule is CCN(CC(=O)NC(C)C)C(C(=O)NN)C(C)C. The molecule has 1 atom stereocenters. The first-order valence-corrected chi connectivity index (χ1v) is 6.37. The number of carbonyl (C=O) groups is 2. The van der Waals surface area contributed by atoms with E-state index in [-0.39, 0.29) is 30.3 Å². The molecule has 1 unspecified atom stereocenters. The lowest BCUT2D eigenvalue weighted by atomic mass is 10.0. The molecule has 0 bridgehead atoms. The van der Waals surface area contributed by atoms with E-state index in [0.717, 1.165) is 0 Å². The minimum atomic E-state index is -0.391. The van der Waals surface area contributed by atoms with Crippen molar-refractivity contribution in [2.75, 3.05) is 13.1 Å². The van der Waals surface area contributed by atoms with Gasteiger partial charge in [0.05, 0.1) is 12.6 Å². The summed E-state index contributed by atoms with van der Waals surface area (Å²) in [5.74, 6) is 4.93. The molecule has 6 heteroatoms. The largest absolute Gasteiger partial charge is 0.353 e. The van der Waals surface area contributed by atoms with Crippen molar-refractivity contribution >= 4 is 11.8 Å². The highest BCUT2D eigenvalue weighted by Gasteiger charge is 2.28. The molecule has 18 heavy (non-hydrogen) atoms. The van der Waals surface area contributed by atoms with Crippen molar-refractivity contribution in [1.82, 2.24) is 15.6 Å². The summed E-state index contributed by atoms with van der Waals surface area (Å²) in [6.45, 7) is 10.4. The Bertz CT molecular complexity index is 279. The van der Waals surface area contributed by atoms with Crippen LogP contribution in [0.4, 0.5) is 0 Å². The molecular weight excluding hydrogens is 232 g/mol. The second-order valence-electron chi connectivity index (χ2n) is 4.98. The van der Waals surface area contributed by atoms with Crippen LogP contribution in [0.1, 0.15) is 34.6 Å². The number of amides is 2. The lowest BCUT2D eigenvalue weighted by molar-refractivity contribution is -0.130. The predicted molar refractivity (Wildman–Crippen MR) is 71.5 cm³/mol. The van der Waals surface area contributed by atoms with E-state index in [1.54, 1.807) is 0 Å². The van der Waals surface area contributed by atoms with Crippen molar-refractivity contribution in [3.05, 3.63) is 0 Å². The lowest BCUT2D eigenvalue weighted by Crippen LogP contribution is -2.54. The van der Waals surface area contributed by atoms with Crippen LogP contribution in [0.15, 0.2) is 0 Å². The molecule has 0 aliphatic carbocycles. The van der Waals surface area contributed by atoms with Gasteiger partial charge in [-0.2, -0.15) is 0 Å². The molecule has 0 spiro atoms. The number of rotatable bonds is 7. The van der Waals surface area contributed by atoms with Gasteiger partial charge in [-0.25, -0.2) is 5.84 Å². The average molecular weight is 258 g/mol. The Morgan fingerprint density at radius 2 is 1.78 bits per heavy atom. The van der Waals surface area contributed by atoms with Crippen LogP contribution >= 0.6 is 0 Å². The van der Waals surface area contributed by atoms with E-state index >= 15 is 0 Å². The van der Waals surface area contributed by atoms with Gasteiger partial charge in [0.2, 0.25) is 5.91 Å². The zero-order valence-electron chi connectivity index (χ0n) is 12.0. The topological polar surface area (TPSA) is 87.5 Å². The second-order valence-corrected chi connectivity index (χ2v) is 4.98. The highest BCUT2D eigenvalue weighted by Crippen LogP contribution is 2.10. The number of nitrogens with zero attached hydrogens (tertiary/aromatic N) is 1. The van der Waals surface area contributed by atoms with Crippen molar-refractivity contribution in [3.63, 3.8) is 0 Å². The van der Waals surface area contributed by atoms with E-state index < -0.39 is 6.04 Å². The van der Waals surface area contributed by atoms with Crippen molar-refractivity contribution in [3.8, 4) is 0 Å². The van der Waals surface area contributed by atoms with Crippen LogP contribution in [-0.2, 0) is 9.59 Å². The zero-order chi connectivity index (χ0) is 14.3. The maximum Gasteiger partial charge on any atom is 0.251 e. The van der Waals surface area contributed by atoms with Crippen molar-refractivity contribution in [1.29, 1.82) is 0 Å². The smallest absolute Gasteiger partial charge is 0.251 e. The van der Waals surface area contributed by atoms with Crippen molar-refractivity contribution < 1.29 is 9.59 Å². The van der Waals surface area contributed by atoms with Crippen LogP contribution in [0.25, 0.3) is 0 Å². The molecule has 0 fully saturated rings. The monoisotopic (exact) mass is 258 g/mol. The summed E-state index contributed by atoms with van der Waals surface area (Å²) in [6, 6.07) is -0.296. The highest BCUT2D eigenvalue weighted by atomic mass is 16.2. The molecule has 2 amide bonds. The summed E-state index contributed by atoms with van der Waals surface area (Å²) in [4.78, 5) is 25.3. The van der Waals surface area contributed by atoms with Crippen LogP contribution in [-0.4, -0.2) is 41.9 Å². The number of likely N-dealkylation sites (N-methyl/N-ethyl adjacent to an activating group) is 1. The van der Waals surface area contributed by atoms with Gasteiger partial charge < -0.3 is 5.32 Å². The third-order valence-corrected chi connectivity index (χ3v) is 2.64. The second kappa shape index (κ2) is 8.05. The van der Waals surface area contributed by atoms with Crippen LogP contribution in [0.2, 0.25) is 0 Å². The first kappa shape index (κ1) is 16.9. The number of nitrogens with one attached hydrogen (secondary N) is 2. The fourth-order valence-corrected chi connectivity index (χ4v) is 1.93. The third-order valence-electron chi connectivity index (χ3n) is 2.64. The predicted octanol–water partition coefficient (Wildman–Crippen LogP) is -0.153. The Balaban J connectivity index is 4.70. The van der Waals surface area contributed by atoms with Gasteiger partial charge in [0, 0.05) is 6.04 Å². The van der Waals surface area contributed by atoms with Gasteiger partial charge in [0.15, 0.2) is 0 Å². The summed E-state index contributed by atoms with van der Waals surface area (Å²) < 4.78 is 0. The van der Waals surface area contributed by atoms with Crippen LogP contribution < -0.4 is 16.6 Å². The minimum Gasteiger partial charge on any atom is -0.353 e. The van der Waals surface area contributed by atoms with Gasteiger partial charge in [-0.05, 0) is 26.3 Å². The van der Waals surface area contributed by atoms with E-state index in [9.17, 15) is 9.59 Å². The molecule has 0 aromatic carbocycles. The van der Waals surface area contributed by atoms with Gasteiger partial charge in [0.25, 0.3) is 5.91 Å². The van der Waals surface area contributed by atoms with E-state index in [1.807, 2.05) is 39.5 Å². The molecule has 0 heterocycles. The third kappa shape index (κ3) is 5.46. The first-order valence-electron chi connectivity index (χ1n) is 6.37. The normalized spacial score (nSPS) is 12.9. The number of hydrogen-bond donors (Lipinski definition) is 3. The van der Waals surface area contributed by atoms with Gasteiger partial charge in [0.1, 0.15) is 0 Å². The zero-order valence-corrected chi connectivity index (χ0v) is 12.0. The van der Waals surface area contributed by atoms with E-state index in [0.29, 0.717) is 6.54 Å². The Morgan fingerprint density at radius 3 is 2.11 bits per heavy atom. The van der Waals surface area contributed by atoms with Gasteiger partial charge in [-0.1, -0.05) is 20.8 Å². The summed E-state index contributed by atoms with van der Waals surface area (Å²) in [7, 11) is 0. The molecule has 0 rings (SSSR count). The molecule has 0 aromatic heterocycles. The quantitative estimate of drug-likeness (QED) is 0.336. The first-order chi connectivity index (χ1) is 8.33. The standard InChI is InChI=1S/C12H26N4O2/c1-6-16(7-10(17)14-9(4)5)11(8(2)3)12(18)15-13/h8-9,11H,6-7,13H2,1-5H3,(H,14,17)(H,15,18). The van der Waals surface area contributed by atoms with Gasteiger partial charge in [-0.15, -0.1) is 0 Å². The Morgan fingerprint density at radius 1 is 1.22 bits per heavy atom. The number of hydrazine groups is 1. The van der Waals surface area contributed by atoms with Gasteiger partial charge >= 0.3 is 0 Å². The van der Waals surface area contributed by atoms with E-state index in [2.05, 4.69) is 10.7 Å². The maximum atomic E-state index is 11.7. The number of carbonyl (C=O) groups excluding carboxylic acids is 2. The molecule has 0 radical (unpaired) electrons. The lowest BCUT2D eigenvalue weighted by Gasteiger charge is -2.31. The average Bonchev–Trinajstić information content (AvgIpc) is 2.25. The van der Waals surface area contributed by atoms with Crippen LogP contribution in [0, 0.1) is 5.92 Å². The molecule has 0 aliphatic rings. The van der Waals surface area contributed by atoms with Crippen LogP contribution in [0.5, 0.6) is 0 Å². The fourth-order valence-electron chi connectivity index (χ4n) is 1.93. The molecule has 106 valence electrons. The Labute approximate surface area is 109 Å². The summed E-state index contributed by atoms with van der Waals surface area (Å²) in [6.07, 6.45) is 0. The molecule has 6 nitrogen and oxygen atoms in total. The van der Waals surface area contributed by atoms with Gasteiger partial charge in [-0.3, -0.25) is 19.9 Å². The van der Waals surface area contributed by atoms with Crippen molar-refractivity contribution in [2.45, 2.75) is 46.7 Å². The highest BCUT2D eigenvalue weighted by molar-refractivity contribution is 5.83. The minimum absolute atomic E-state index is 0.0812. The molecule has 0 aromatic rings.